The number of nitrogens with one attached hydrogen (secondary N) is 1. The van der Waals surface area contributed by atoms with E-state index in [0.29, 0.717) is 34.9 Å². The van der Waals surface area contributed by atoms with Crippen LogP contribution in [0.2, 0.25) is 0 Å². The summed E-state index contributed by atoms with van der Waals surface area (Å²) < 4.78 is 5.17. The van der Waals surface area contributed by atoms with Crippen LogP contribution in [0.5, 0.6) is 5.75 Å². The molecule has 2 amide bonds. The predicted octanol–water partition coefficient (Wildman–Crippen LogP) is 2.27. The smallest absolute Gasteiger partial charge is 0.258 e. The molecule has 2 aromatic carbocycles. The minimum Gasteiger partial charge on any atom is -0.495 e. The van der Waals surface area contributed by atoms with Crippen molar-refractivity contribution in [2.75, 3.05) is 29.6 Å². The summed E-state index contributed by atoms with van der Waals surface area (Å²) in [6.45, 7) is 0.314. The Kier molecular flexibility index (Phi) is 3.89. The Bertz CT molecular complexity index is 773. The first-order valence-corrected chi connectivity index (χ1v) is 7.24. The zero-order valence-corrected chi connectivity index (χ0v) is 12.7. The Morgan fingerprint density at radius 1 is 1.26 bits per heavy atom. The number of fused-ring (bicyclic) bond motifs is 1. The summed E-state index contributed by atoms with van der Waals surface area (Å²) >= 11 is 0. The number of anilines is 3. The largest absolute Gasteiger partial charge is 0.495 e. The Morgan fingerprint density at radius 2 is 2.04 bits per heavy atom. The zero-order chi connectivity index (χ0) is 16.4. The predicted molar refractivity (Wildman–Crippen MR) is 88.8 cm³/mol. The molecule has 1 aliphatic heterocycles. The van der Waals surface area contributed by atoms with E-state index in [4.69, 9.17) is 10.5 Å². The fourth-order valence-electron chi connectivity index (χ4n) is 2.57. The molecule has 1 heterocycles. The van der Waals surface area contributed by atoms with Crippen LogP contribution in [0.15, 0.2) is 42.5 Å². The summed E-state index contributed by atoms with van der Waals surface area (Å²) in [7, 11) is 1.50. The molecule has 0 atom stereocenters. The molecule has 0 unspecified atom stereocenters. The van der Waals surface area contributed by atoms with Crippen LogP contribution < -0.4 is 20.7 Å². The molecule has 2 aromatic rings. The number of hydrogen-bond donors (Lipinski definition) is 2. The third-order valence-electron chi connectivity index (χ3n) is 3.76. The topological polar surface area (TPSA) is 84.7 Å². The van der Waals surface area contributed by atoms with Crippen molar-refractivity contribution in [2.24, 2.45) is 0 Å². The van der Waals surface area contributed by atoms with E-state index in [1.807, 2.05) is 18.2 Å². The molecule has 0 saturated heterocycles. The van der Waals surface area contributed by atoms with Crippen LogP contribution in [-0.2, 0) is 4.79 Å². The lowest BCUT2D eigenvalue weighted by Crippen LogP contribution is -2.31. The van der Waals surface area contributed by atoms with Gasteiger partial charge in [0.25, 0.3) is 5.91 Å². The molecule has 0 bridgehead atoms. The molecule has 118 valence electrons. The van der Waals surface area contributed by atoms with E-state index in [1.165, 1.54) is 7.11 Å². The van der Waals surface area contributed by atoms with E-state index in [-0.39, 0.29) is 18.2 Å². The van der Waals surface area contributed by atoms with Crippen LogP contribution >= 0.6 is 0 Å². The van der Waals surface area contributed by atoms with Gasteiger partial charge in [0.15, 0.2) is 0 Å². The van der Waals surface area contributed by atoms with Gasteiger partial charge in [0, 0.05) is 18.5 Å². The number of para-hydroxylation sites is 2. The number of nitrogens with two attached hydrogens (primary N) is 1. The van der Waals surface area contributed by atoms with Gasteiger partial charge in [-0.15, -0.1) is 0 Å². The summed E-state index contributed by atoms with van der Waals surface area (Å²) in [5.74, 6) is 0.142. The quantitative estimate of drug-likeness (QED) is 0.833. The van der Waals surface area contributed by atoms with Gasteiger partial charge in [-0.25, -0.2) is 0 Å². The summed E-state index contributed by atoms with van der Waals surface area (Å²) in [6.07, 6.45) is 0.243. The average molecular weight is 311 g/mol. The van der Waals surface area contributed by atoms with Gasteiger partial charge < -0.3 is 20.7 Å². The van der Waals surface area contributed by atoms with Crippen LogP contribution in [0.4, 0.5) is 17.1 Å². The molecule has 23 heavy (non-hydrogen) atoms. The minimum atomic E-state index is -0.202. The first-order valence-electron chi connectivity index (χ1n) is 7.24. The number of ether oxygens (including phenoxy) is 1. The zero-order valence-electron chi connectivity index (χ0n) is 12.7. The molecule has 1 aliphatic rings. The van der Waals surface area contributed by atoms with Crippen molar-refractivity contribution in [3.05, 3.63) is 48.0 Å². The number of nitrogens with zero attached hydrogens (tertiary/aromatic N) is 1. The summed E-state index contributed by atoms with van der Waals surface area (Å²) in [5, 5.41) is 2.81. The fourth-order valence-corrected chi connectivity index (χ4v) is 2.57. The molecule has 6 nitrogen and oxygen atoms in total. The summed E-state index contributed by atoms with van der Waals surface area (Å²) in [6, 6.07) is 12.2. The van der Waals surface area contributed by atoms with Crippen molar-refractivity contribution >= 4 is 28.9 Å². The van der Waals surface area contributed by atoms with Crippen LogP contribution in [0.25, 0.3) is 0 Å². The van der Waals surface area contributed by atoms with Crippen LogP contribution in [0, 0.1) is 0 Å². The van der Waals surface area contributed by atoms with E-state index >= 15 is 0 Å². The maximum Gasteiger partial charge on any atom is 0.258 e. The molecule has 0 spiro atoms. The fraction of sp³-hybridized carbons (Fsp3) is 0.176. The van der Waals surface area contributed by atoms with E-state index < -0.39 is 0 Å². The monoisotopic (exact) mass is 311 g/mol. The second kappa shape index (κ2) is 6.00. The number of benzene rings is 2. The molecular weight excluding hydrogens is 294 g/mol. The molecule has 0 aliphatic carbocycles. The number of rotatable bonds is 2. The van der Waals surface area contributed by atoms with Gasteiger partial charge in [0.2, 0.25) is 5.91 Å². The van der Waals surface area contributed by atoms with Gasteiger partial charge in [-0.1, -0.05) is 12.1 Å². The van der Waals surface area contributed by atoms with Crippen molar-refractivity contribution in [3.63, 3.8) is 0 Å². The molecule has 0 saturated carbocycles. The molecule has 0 fully saturated rings. The van der Waals surface area contributed by atoms with Gasteiger partial charge in [-0.2, -0.15) is 0 Å². The van der Waals surface area contributed by atoms with Crippen molar-refractivity contribution in [1.29, 1.82) is 0 Å². The molecule has 0 aromatic heterocycles. The highest BCUT2D eigenvalue weighted by atomic mass is 16.5. The molecule has 3 rings (SSSR count). The van der Waals surface area contributed by atoms with E-state index in [0.717, 1.165) is 0 Å². The number of nitrogen functional groups attached to an aromatic ring is 1. The number of carbonyl (C=O) groups excluding carboxylic acids is 2. The van der Waals surface area contributed by atoms with Gasteiger partial charge in [-0.05, 0) is 30.3 Å². The maximum atomic E-state index is 12.9. The van der Waals surface area contributed by atoms with E-state index in [1.54, 1.807) is 29.2 Å². The van der Waals surface area contributed by atoms with Crippen LogP contribution in [0.1, 0.15) is 16.8 Å². The minimum absolute atomic E-state index is 0.109. The number of methoxy groups -OCH3 is 1. The van der Waals surface area contributed by atoms with Crippen LogP contribution in [0.3, 0.4) is 0 Å². The highest BCUT2D eigenvalue weighted by Crippen LogP contribution is 2.31. The highest BCUT2D eigenvalue weighted by molar-refractivity contribution is 6.10. The third-order valence-corrected chi connectivity index (χ3v) is 3.76. The SMILES string of the molecule is COc1cc(C(=O)N2CCC(=O)Nc3ccccc32)ccc1N. The molecule has 3 N–H and O–H groups in total. The van der Waals surface area contributed by atoms with Gasteiger partial charge in [0.05, 0.1) is 24.2 Å². The Labute approximate surface area is 133 Å². The molecule has 0 radical (unpaired) electrons. The van der Waals surface area contributed by atoms with Gasteiger partial charge in [-0.3, -0.25) is 9.59 Å². The normalized spacial score (nSPS) is 13.8. The molecular formula is C17H17N3O3. The highest BCUT2D eigenvalue weighted by Gasteiger charge is 2.25. The van der Waals surface area contributed by atoms with Crippen molar-refractivity contribution in [3.8, 4) is 5.75 Å². The standard InChI is InChI=1S/C17H17N3O3/c1-23-15-10-11(6-7-12(15)18)17(22)20-9-8-16(21)19-13-4-2-3-5-14(13)20/h2-7,10H,8-9,18H2,1H3,(H,19,21). The second-order valence-corrected chi connectivity index (χ2v) is 5.23. The molecule has 6 heteroatoms. The number of hydrogen-bond acceptors (Lipinski definition) is 4. The Hall–Kier alpha value is -3.02. The van der Waals surface area contributed by atoms with E-state index in [2.05, 4.69) is 5.32 Å². The number of amides is 2. The first-order chi connectivity index (χ1) is 11.1. The van der Waals surface area contributed by atoms with Gasteiger partial charge >= 0.3 is 0 Å². The second-order valence-electron chi connectivity index (χ2n) is 5.23. The van der Waals surface area contributed by atoms with Gasteiger partial charge in [0.1, 0.15) is 5.75 Å². The van der Waals surface area contributed by atoms with Crippen molar-refractivity contribution < 1.29 is 14.3 Å². The average Bonchev–Trinajstić information content (AvgIpc) is 2.73. The van der Waals surface area contributed by atoms with E-state index in [9.17, 15) is 9.59 Å². The Balaban J connectivity index is 2.00. The van der Waals surface area contributed by atoms with Crippen molar-refractivity contribution in [2.45, 2.75) is 6.42 Å². The number of carbonyl (C=O) groups is 2. The lowest BCUT2D eigenvalue weighted by molar-refractivity contribution is -0.115. The lowest BCUT2D eigenvalue weighted by atomic mass is 10.1. The lowest BCUT2D eigenvalue weighted by Gasteiger charge is -2.22. The Morgan fingerprint density at radius 3 is 2.83 bits per heavy atom. The maximum absolute atomic E-state index is 12.9. The summed E-state index contributed by atoms with van der Waals surface area (Å²) in [5.41, 5.74) is 8.03. The van der Waals surface area contributed by atoms with Crippen LogP contribution in [-0.4, -0.2) is 25.5 Å². The van der Waals surface area contributed by atoms with Crippen molar-refractivity contribution in [1.82, 2.24) is 0 Å². The third kappa shape index (κ3) is 2.83. The first kappa shape index (κ1) is 14.9. The summed E-state index contributed by atoms with van der Waals surface area (Å²) in [4.78, 5) is 26.3.